The molecule has 0 radical (unpaired) electrons. The highest BCUT2D eigenvalue weighted by Gasteiger charge is 2.16. The normalized spacial score (nSPS) is 10.6. The molecule has 3 rings (SSSR count). The molecule has 150 valence electrons. The standard InChI is InChI=1S/C20H16BrFN2O5/c1-27-17-8-4-13(21)10-15(17)16(25)7-9-19(26)28-11-18-23-20(24-29-18)12-2-5-14(22)6-3-12/h2-6,8,10H,7,9,11H2,1H3. The first-order valence-corrected chi connectivity index (χ1v) is 9.36. The van der Waals surface area contributed by atoms with Crippen LogP contribution >= 0.6 is 15.9 Å². The summed E-state index contributed by atoms with van der Waals surface area (Å²) in [5.41, 5.74) is 0.955. The van der Waals surface area contributed by atoms with Crippen LogP contribution in [0.4, 0.5) is 4.39 Å². The minimum atomic E-state index is -0.575. The van der Waals surface area contributed by atoms with E-state index in [0.29, 0.717) is 16.9 Å². The van der Waals surface area contributed by atoms with Crippen LogP contribution in [-0.2, 0) is 16.1 Å². The number of hydrogen-bond acceptors (Lipinski definition) is 7. The van der Waals surface area contributed by atoms with Crippen molar-refractivity contribution in [3.63, 3.8) is 0 Å². The zero-order valence-corrected chi connectivity index (χ0v) is 16.9. The maximum absolute atomic E-state index is 13.0. The van der Waals surface area contributed by atoms with E-state index >= 15 is 0 Å². The number of benzene rings is 2. The lowest BCUT2D eigenvalue weighted by Gasteiger charge is -2.08. The Hall–Kier alpha value is -3.07. The van der Waals surface area contributed by atoms with Crippen LogP contribution in [-0.4, -0.2) is 29.0 Å². The molecular weight excluding hydrogens is 447 g/mol. The van der Waals surface area contributed by atoms with Crippen molar-refractivity contribution in [3.05, 3.63) is 64.2 Å². The molecule has 9 heteroatoms. The van der Waals surface area contributed by atoms with Gasteiger partial charge >= 0.3 is 5.97 Å². The molecule has 0 saturated heterocycles. The first-order chi connectivity index (χ1) is 14.0. The molecule has 0 atom stereocenters. The van der Waals surface area contributed by atoms with Crippen LogP contribution in [0.1, 0.15) is 29.1 Å². The van der Waals surface area contributed by atoms with Crippen molar-refractivity contribution in [2.75, 3.05) is 7.11 Å². The lowest BCUT2D eigenvalue weighted by molar-refractivity contribution is -0.145. The summed E-state index contributed by atoms with van der Waals surface area (Å²) in [7, 11) is 1.47. The molecular formula is C20H16BrFN2O5. The maximum Gasteiger partial charge on any atom is 0.306 e. The zero-order chi connectivity index (χ0) is 20.8. The number of ether oxygens (including phenoxy) is 2. The first kappa shape index (κ1) is 20.7. The van der Waals surface area contributed by atoms with E-state index in [2.05, 4.69) is 26.1 Å². The summed E-state index contributed by atoms with van der Waals surface area (Å²) in [5.74, 6) is -0.400. The summed E-state index contributed by atoms with van der Waals surface area (Å²) in [5, 5.41) is 3.76. The van der Waals surface area contributed by atoms with Gasteiger partial charge in [0.05, 0.1) is 19.1 Å². The van der Waals surface area contributed by atoms with Crippen molar-refractivity contribution in [3.8, 4) is 17.1 Å². The molecule has 1 aromatic heterocycles. The predicted octanol–water partition coefficient (Wildman–Crippen LogP) is 4.35. The average molecular weight is 463 g/mol. The summed E-state index contributed by atoms with van der Waals surface area (Å²) in [6.45, 7) is -0.221. The van der Waals surface area contributed by atoms with Gasteiger partial charge in [-0.15, -0.1) is 0 Å². The third kappa shape index (κ3) is 5.47. The lowest BCUT2D eigenvalue weighted by Crippen LogP contribution is -2.09. The van der Waals surface area contributed by atoms with Gasteiger partial charge in [0.15, 0.2) is 12.4 Å². The van der Waals surface area contributed by atoms with Gasteiger partial charge in [0, 0.05) is 16.5 Å². The molecule has 0 spiro atoms. The predicted molar refractivity (Wildman–Crippen MR) is 104 cm³/mol. The summed E-state index contributed by atoms with van der Waals surface area (Å²) in [6.07, 6.45) is -0.135. The fourth-order valence-electron chi connectivity index (χ4n) is 2.49. The van der Waals surface area contributed by atoms with E-state index in [0.717, 1.165) is 4.47 Å². The molecule has 7 nitrogen and oxygen atoms in total. The van der Waals surface area contributed by atoms with Gasteiger partial charge in [-0.2, -0.15) is 4.98 Å². The number of aromatic nitrogens is 2. The molecule has 0 saturated carbocycles. The van der Waals surface area contributed by atoms with Crippen LogP contribution in [0.25, 0.3) is 11.4 Å². The molecule has 0 aliphatic rings. The maximum atomic E-state index is 13.0. The van der Waals surface area contributed by atoms with E-state index in [9.17, 15) is 14.0 Å². The third-order valence-corrected chi connectivity index (χ3v) is 4.44. The summed E-state index contributed by atoms with van der Waals surface area (Å²) < 4.78 is 29.0. The number of hydrogen-bond donors (Lipinski definition) is 0. The second-order valence-electron chi connectivity index (χ2n) is 5.95. The fourth-order valence-corrected chi connectivity index (χ4v) is 2.85. The van der Waals surface area contributed by atoms with Crippen molar-refractivity contribution < 1.29 is 28.0 Å². The van der Waals surface area contributed by atoms with Gasteiger partial charge in [-0.25, -0.2) is 4.39 Å². The van der Waals surface area contributed by atoms with Gasteiger partial charge in [-0.1, -0.05) is 21.1 Å². The minimum absolute atomic E-state index is 0.0314. The summed E-state index contributed by atoms with van der Waals surface area (Å²) in [4.78, 5) is 28.4. The molecule has 0 bridgehead atoms. The van der Waals surface area contributed by atoms with Crippen molar-refractivity contribution >= 4 is 27.7 Å². The number of carbonyl (C=O) groups excluding carboxylic acids is 2. The largest absolute Gasteiger partial charge is 0.496 e. The lowest BCUT2D eigenvalue weighted by atomic mass is 10.1. The van der Waals surface area contributed by atoms with Gasteiger partial charge in [-0.3, -0.25) is 9.59 Å². The van der Waals surface area contributed by atoms with E-state index in [-0.39, 0.29) is 42.8 Å². The number of carbonyl (C=O) groups is 2. The topological polar surface area (TPSA) is 91.5 Å². The second kappa shape index (κ2) is 9.42. The van der Waals surface area contributed by atoms with Gasteiger partial charge in [-0.05, 0) is 42.5 Å². The van der Waals surface area contributed by atoms with Crippen molar-refractivity contribution in [1.29, 1.82) is 0 Å². The number of methoxy groups -OCH3 is 1. The molecule has 29 heavy (non-hydrogen) atoms. The Morgan fingerprint density at radius 1 is 1.14 bits per heavy atom. The van der Waals surface area contributed by atoms with E-state index in [4.69, 9.17) is 14.0 Å². The summed E-state index contributed by atoms with van der Waals surface area (Å²) >= 11 is 3.31. The van der Waals surface area contributed by atoms with Crippen LogP contribution in [0.2, 0.25) is 0 Å². The van der Waals surface area contributed by atoms with E-state index in [1.54, 1.807) is 18.2 Å². The Labute approximate surface area is 174 Å². The number of esters is 1. The molecule has 0 fully saturated rings. The molecule has 0 amide bonds. The van der Waals surface area contributed by atoms with Crippen molar-refractivity contribution in [1.82, 2.24) is 10.1 Å². The molecule has 0 unspecified atom stereocenters. The second-order valence-corrected chi connectivity index (χ2v) is 6.86. The van der Waals surface area contributed by atoms with Crippen LogP contribution in [0.15, 0.2) is 51.5 Å². The quantitative estimate of drug-likeness (QED) is 0.362. The van der Waals surface area contributed by atoms with Crippen molar-refractivity contribution in [2.24, 2.45) is 0 Å². The van der Waals surface area contributed by atoms with Gasteiger partial charge < -0.3 is 14.0 Å². The highest BCUT2D eigenvalue weighted by molar-refractivity contribution is 9.10. The Bertz CT molecular complexity index is 1020. The van der Waals surface area contributed by atoms with Crippen LogP contribution in [0.5, 0.6) is 5.75 Å². The molecule has 0 aliphatic carbocycles. The smallest absolute Gasteiger partial charge is 0.306 e. The number of halogens is 2. The van der Waals surface area contributed by atoms with Gasteiger partial charge in [0.2, 0.25) is 5.82 Å². The molecule has 2 aromatic carbocycles. The van der Waals surface area contributed by atoms with Crippen LogP contribution < -0.4 is 4.74 Å². The molecule has 3 aromatic rings. The van der Waals surface area contributed by atoms with E-state index in [1.807, 2.05) is 0 Å². The number of rotatable bonds is 8. The Kier molecular flexibility index (Phi) is 6.71. The molecule has 1 heterocycles. The Morgan fingerprint density at radius 3 is 2.62 bits per heavy atom. The number of Topliss-reactive ketones (excluding diaryl/α,β-unsaturated/α-hetero) is 1. The SMILES string of the molecule is COc1ccc(Br)cc1C(=O)CCC(=O)OCc1nc(-c2ccc(F)cc2)no1. The van der Waals surface area contributed by atoms with E-state index in [1.165, 1.54) is 31.4 Å². The summed E-state index contributed by atoms with van der Waals surface area (Å²) in [6, 6.07) is 10.7. The van der Waals surface area contributed by atoms with Gasteiger partial charge in [0.25, 0.3) is 5.89 Å². The van der Waals surface area contributed by atoms with Crippen LogP contribution in [0, 0.1) is 5.82 Å². The Balaban J connectivity index is 1.51. The monoisotopic (exact) mass is 462 g/mol. The van der Waals surface area contributed by atoms with Crippen LogP contribution in [0.3, 0.4) is 0 Å². The minimum Gasteiger partial charge on any atom is -0.496 e. The average Bonchev–Trinajstić information content (AvgIpc) is 3.20. The fraction of sp³-hybridized carbons (Fsp3) is 0.200. The highest BCUT2D eigenvalue weighted by Crippen LogP contribution is 2.24. The molecule has 0 aliphatic heterocycles. The van der Waals surface area contributed by atoms with Crippen molar-refractivity contribution in [2.45, 2.75) is 19.4 Å². The van der Waals surface area contributed by atoms with Gasteiger partial charge in [0.1, 0.15) is 11.6 Å². The zero-order valence-electron chi connectivity index (χ0n) is 15.4. The van der Waals surface area contributed by atoms with E-state index < -0.39 is 5.97 Å². The first-order valence-electron chi connectivity index (χ1n) is 8.57. The number of nitrogens with zero attached hydrogens (tertiary/aromatic N) is 2. The highest BCUT2D eigenvalue weighted by atomic mass is 79.9. The Morgan fingerprint density at radius 2 is 1.90 bits per heavy atom. The number of ketones is 1. The molecule has 0 N–H and O–H groups in total. The third-order valence-electron chi connectivity index (χ3n) is 3.95.